The molecule has 13 heavy (non-hydrogen) atoms. The van der Waals surface area contributed by atoms with Crippen LogP contribution in [0, 0.1) is 6.92 Å². The van der Waals surface area contributed by atoms with Crippen LogP contribution >= 0.6 is 0 Å². The van der Waals surface area contributed by atoms with Crippen molar-refractivity contribution in [1.29, 1.82) is 0 Å². The molecule has 3 nitrogen and oxygen atoms in total. The van der Waals surface area contributed by atoms with Gasteiger partial charge in [-0.25, -0.2) is 9.97 Å². The molecule has 0 spiro atoms. The second kappa shape index (κ2) is 3.07. The van der Waals surface area contributed by atoms with Crippen molar-refractivity contribution in [1.82, 2.24) is 9.97 Å². The summed E-state index contributed by atoms with van der Waals surface area (Å²) in [7, 11) is 0. The molecule has 1 aliphatic carbocycles. The molecule has 0 unspecified atom stereocenters. The molecule has 0 saturated heterocycles. The first-order valence-electron chi connectivity index (χ1n) is 4.80. The van der Waals surface area contributed by atoms with Gasteiger partial charge in [0.1, 0.15) is 5.82 Å². The van der Waals surface area contributed by atoms with Gasteiger partial charge in [0.25, 0.3) is 0 Å². The molecule has 1 saturated carbocycles. The van der Waals surface area contributed by atoms with Gasteiger partial charge in [-0.1, -0.05) is 12.8 Å². The Labute approximate surface area is 78.4 Å². The zero-order chi connectivity index (χ0) is 9.31. The number of nitrogens with zero attached hydrogens (tertiary/aromatic N) is 2. The highest BCUT2D eigenvalue weighted by atomic mass is 15.0. The van der Waals surface area contributed by atoms with Crippen molar-refractivity contribution in [3.05, 3.63) is 23.8 Å². The lowest BCUT2D eigenvalue weighted by Gasteiger charge is -2.21. The predicted octanol–water partition coefficient (Wildman–Crippen LogP) is 1.51. The summed E-state index contributed by atoms with van der Waals surface area (Å²) in [5.41, 5.74) is 6.98. The summed E-state index contributed by atoms with van der Waals surface area (Å²) in [5.74, 6) is 0.824. The summed E-state index contributed by atoms with van der Waals surface area (Å²) < 4.78 is 0. The van der Waals surface area contributed by atoms with Crippen molar-refractivity contribution < 1.29 is 0 Å². The summed E-state index contributed by atoms with van der Waals surface area (Å²) >= 11 is 0. The Morgan fingerprint density at radius 1 is 1.38 bits per heavy atom. The quantitative estimate of drug-likeness (QED) is 0.707. The molecule has 2 N–H and O–H groups in total. The Kier molecular flexibility index (Phi) is 2.04. The first-order chi connectivity index (χ1) is 6.21. The number of hydrogen-bond acceptors (Lipinski definition) is 3. The van der Waals surface area contributed by atoms with E-state index < -0.39 is 0 Å². The SMILES string of the molecule is Cc1ccnc(C2(N)CCCC2)n1. The first kappa shape index (κ1) is 8.63. The van der Waals surface area contributed by atoms with Gasteiger partial charge in [0, 0.05) is 11.9 Å². The van der Waals surface area contributed by atoms with E-state index in [9.17, 15) is 0 Å². The second-order valence-corrected chi connectivity index (χ2v) is 3.88. The third-order valence-corrected chi connectivity index (χ3v) is 2.74. The van der Waals surface area contributed by atoms with Crippen LogP contribution in [0.15, 0.2) is 12.3 Å². The van der Waals surface area contributed by atoms with E-state index in [0.29, 0.717) is 0 Å². The lowest BCUT2D eigenvalue weighted by Crippen LogP contribution is -2.35. The molecule has 1 aliphatic rings. The normalized spacial score (nSPS) is 20.5. The van der Waals surface area contributed by atoms with Gasteiger partial charge in [0.15, 0.2) is 0 Å². The van der Waals surface area contributed by atoms with Crippen LogP contribution in [-0.2, 0) is 5.54 Å². The molecule has 0 amide bonds. The molecule has 3 heteroatoms. The third kappa shape index (κ3) is 1.56. The molecule has 2 rings (SSSR count). The topological polar surface area (TPSA) is 51.8 Å². The minimum absolute atomic E-state index is 0.244. The number of hydrogen-bond donors (Lipinski definition) is 1. The maximum Gasteiger partial charge on any atom is 0.148 e. The Morgan fingerprint density at radius 2 is 2.08 bits per heavy atom. The van der Waals surface area contributed by atoms with Gasteiger partial charge in [-0.2, -0.15) is 0 Å². The molecule has 1 heterocycles. The van der Waals surface area contributed by atoms with Gasteiger partial charge in [-0.3, -0.25) is 0 Å². The van der Waals surface area contributed by atoms with Crippen LogP contribution in [0.1, 0.15) is 37.2 Å². The molecular formula is C10H15N3. The zero-order valence-electron chi connectivity index (χ0n) is 7.95. The van der Waals surface area contributed by atoms with E-state index in [1.54, 1.807) is 6.20 Å². The summed E-state index contributed by atoms with van der Waals surface area (Å²) in [6.07, 6.45) is 6.25. The van der Waals surface area contributed by atoms with Crippen LogP contribution < -0.4 is 5.73 Å². The van der Waals surface area contributed by atoms with E-state index in [2.05, 4.69) is 9.97 Å². The fourth-order valence-corrected chi connectivity index (χ4v) is 1.92. The van der Waals surface area contributed by atoms with Gasteiger partial charge in [0.2, 0.25) is 0 Å². The van der Waals surface area contributed by atoms with E-state index >= 15 is 0 Å². The van der Waals surface area contributed by atoms with E-state index in [-0.39, 0.29) is 5.54 Å². The summed E-state index contributed by atoms with van der Waals surface area (Å²) in [5, 5.41) is 0. The molecule has 70 valence electrons. The number of rotatable bonds is 1. The number of aromatic nitrogens is 2. The molecule has 1 aromatic rings. The lowest BCUT2D eigenvalue weighted by atomic mass is 9.98. The van der Waals surface area contributed by atoms with Crippen molar-refractivity contribution in [3.63, 3.8) is 0 Å². The van der Waals surface area contributed by atoms with Crippen molar-refractivity contribution in [2.75, 3.05) is 0 Å². The number of aryl methyl sites for hydroxylation is 1. The molecular weight excluding hydrogens is 162 g/mol. The average Bonchev–Trinajstić information content (AvgIpc) is 2.54. The highest BCUT2D eigenvalue weighted by Crippen LogP contribution is 2.33. The Balaban J connectivity index is 2.33. The van der Waals surface area contributed by atoms with Gasteiger partial charge < -0.3 is 5.73 Å². The molecule has 0 radical (unpaired) electrons. The molecule has 0 bridgehead atoms. The van der Waals surface area contributed by atoms with Crippen LogP contribution in [-0.4, -0.2) is 9.97 Å². The minimum Gasteiger partial charge on any atom is -0.319 e. The van der Waals surface area contributed by atoms with E-state index in [4.69, 9.17) is 5.73 Å². The summed E-state index contributed by atoms with van der Waals surface area (Å²) in [4.78, 5) is 8.65. The van der Waals surface area contributed by atoms with E-state index in [1.807, 2.05) is 13.0 Å². The summed E-state index contributed by atoms with van der Waals surface area (Å²) in [6, 6.07) is 1.90. The predicted molar refractivity (Wildman–Crippen MR) is 51.1 cm³/mol. The zero-order valence-corrected chi connectivity index (χ0v) is 7.95. The fraction of sp³-hybridized carbons (Fsp3) is 0.600. The Morgan fingerprint density at radius 3 is 2.69 bits per heavy atom. The standard InChI is InChI=1S/C10H15N3/c1-8-4-7-12-9(13-8)10(11)5-2-3-6-10/h4,7H,2-3,5-6,11H2,1H3. The molecule has 1 aromatic heterocycles. The Hall–Kier alpha value is -0.960. The van der Waals surface area contributed by atoms with E-state index in [0.717, 1.165) is 24.4 Å². The largest absolute Gasteiger partial charge is 0.319 e. The minimum atomic E-state index is -0.244. The van der Waals surface area contributed by atoms with Crippen LogP contribution in [0.5, 0.6) is 0 Å². The smallest absolute Gasteiger partial charge is 0.148 e. The molecule has 0 aliphatic heterocycles. The van der Waals surface area contributed by atoms with Gasteiger partial charge in [0.05, 0.1) is 5.54 Å². The van der Waals surface area contributed by atoms with Crippen molar-refractivity contribution in [2.24, 2.45) is 5.73 Å². The lowest BCUT2D eigenvalue weighted by molar-refractivity contribution is 0.430. The molecule has 0 atom stereocenters. The fourth-order valence-electron chi connectivity index (χ4n) is 1.92. The molecule has 0 aromatic carbocycles. The van der Waals surface area contributed by atoms with Gasteiger partial charge >= 0.3 is 0 Å². The van der Waals surface area contributed by atoms with Crippen molar-refractivity contribution in [3.8, 4) is 0 Å². The maximum atomic E-state index is 6.22. The van der Waals surface area contributed by atoms with Gasteiger partial charge in [-0.15, -0.1) is 0 Å². The van der Waals surface area contributed by atoms with E-state index in [1.165, 1.54) is 12.8 Å². The highest BCUT2D eigenvalue weighted by Gasteiger charge is 2.33. The highest BCUT2D eigenvalue weighted by molar-refractivity contribution is 5.10. The van der Waals surface area contributed by atoms with Crippen molar-refractivity contribution >= 4 is 0 Å². The average molecular weight is 177 g/mol. The number of nitrogens with two attached hydrogens (primary N) is 1. The summed E-state index contributed by atoms with van der Waals surface area (Å²) in [6.45, 7) is 1.98. The maximum absolute atomic E-state index is 6.22. The Bertz CT molecular complexity index is 303. The van der Waals surface area contributed by atoms with Crippen LogP contribution in [0.25, 0.3) is 0 Å². The first-order valence-corrected chi connectivity index (χ1v) is 4.80. The molecule has 1 fully saturated rings. The third-order valence-electron chi connectivity index (χ3n) is 2.74. The van der Waals surface area contributed by atoms with Crippen LogP contribution in [0.3, 0.4) is 0 Å². The van der Waals surface area contributed by atoms with Crippen molar-refractivity contribution in [2.45, 2.75) is 38.1 Å². The van der Waals surface area contributed by atoms with Crippen LogP contribution in [0.4, 0.5) is 0 Å². The second-order valence-electron chi connectivity index (χ2n) is 3.88. The monoisotopic (exact) mass is 177 g/mol. The van der Waals surface area contributed by atoms with Crippen LogP contribution in [0.2, 0.25) is 0 Å². The van der Waals surface area contributed by atoms with Gasteiger partial charge in [-0.05, 0) is 25.8 Å².